The molecule has 1 aromatic heterocycles. The van der Waals surface area contributed by atoms with Crippen LogP contribution in [0.3, 0.4) is 0 Å². The van der Waals surface area contributed by atoms with E-state index < -0.39 is 17.8 Å². The normalized spacial score (nSPS) is 10.3. The highest BCUT2D eigenvalue weighted by molar-refractivity contribution is 6.06. The number of ether oxygens (including phenoxy) is 2. The van der Waals surface area contributed by atoms with Gasteiger partial charge in [-0.2, -0.15) is 0 Å². The SMILES string of the molecule is CCC(CC)OC(=O)c1cnc(C(=O)NC(=O)CN)c(OC)c1. The molecule has 1 heterocycles. The lowest BCUT2D eigenvalue weighted by atomic mass is 10.2. The Morgan fingerprint density at radius 2 is 1.96 bits per heavy atom. The Hall–Kier alpha value is -2.48. The largest absolute Gasteiger partial charge is 0.494 e. The second kappa shape index (κ2) is 8.84. The van der Waals surface area contributed by atoms with Gasteiger partial charge >= 0.3 is 5.97 Å². The number of amides is 2. The van der Waals surface area contributed by atoms with Crippen molar-refractivity contribution in [3.63, 3.8) is 0 Å². The maximum Gasteiger partial charge on any atom is 0.340 e. The minimum atomic E-state index is -0.753. The molecule has 0 aliphatic heterocycles. The average molecular weight is 323 g/mol. The van der Waals surface area contributed by atoms with Crippen LogP contribution in [0.4, 0.5) is 0 Å². The third-order valence-corrected chi connectivity index (χ3v) is 3.15. The predicted molar refractivity (Wildman–Crippen MR) is 82.1 cm³/mol. The summed E-state index contributed by atoms with van der Waals surface area (Å²) >= 11 is 0. The van der Waals surface area contributed by atoms with Crippen LogP contribution in [0.2, 0.25) is 0 Å². The van der Waals surface area contributed by atoms with E-state index in [-0.39, 0.29) is 29.7 Å². The molecule has 0 saturated carbocycles. The summed E-state index contributed by atoms with van der Waals surface area (Å²) < 4.78 is 10.4. The topological polar surface area (TPSA) is 121 Å². The summed E-state index contributed by atoms with van der Waals surface area (Å²) in [5, 5.41) is 2.06. The first kappa shape index (κ1) is 18.6. The van der Waals surface area contributed by atoms with E-state index in [1.165, 1.54) is 19.4 Å². The summed E-state index contributed by atoms with van der Waals surface area (Å²) in [6, 6.07) is 1.35. The van der Waals surface area contributed by atoms with Crippen molar-refractivity contribution in [2.75, 3.05) is 13.7 Å². The molecule has 0 aromatic carbocycles. The lowest BCUT2D eigenvalue weighted by molar-refractivity contribution is -0.118. The number of esters is 1. The molecule has 0 spiro atoms. The molecule has 8 nitrogen and oxygen atoms in total. The maximum absolute atomic E-state index is 12.1. The number of nitrogens with one attached hydrogen (secondary N) is 1. The number of rotatable bonds is 7. The summed E-state index contributed by atoms with van der Waals surface area (Å²) in [4.78, 5) is 39.0. The van der Waals surface area contributed by atoms with Crippen molar-refractivity contribution in [3.05, 3.63) is 23.5 Å². The van der Waals surface area contributed by atoms with Crippen molar-refractivity contribution in [1.29, 1.82) is 0 Å². The minimum Gasteiger partial charge on any atom is -0.494 e. The van der Waals surface area contributed by atoms with E-state index in [2.05, 4.69) is 10.3 Å². The summed E-state index contributed by atoms with van der Waals surface area (Å²) in [6.07, 6.45) is 2.43. The molecule has 23 heavy (non-hydrogen) atoms. The molecule has 0 aliphatic rings. The molecular formula is C15H21N3O5. The molecular weight excluding hydrogens is 302 g/mol. The van der Waals surface area contributed by atoms with E-state index in [4.69, 9.17) is 15.2 Å². The number of hydrogen-bond acceptors (Lipinski definition) is 7. The molecule has 0 saturated heterocycles. The van der Waals surface area contributed by atoms with Gasteiger partial charge in [-0.25, -0.2) is 9.78 Å². The Morgan fingerprint density at radius 3 is 2.48 bits per heavy atom. The molecule has 1 aromatic rings. The van der Waals surface area contributed by atoms with Crippen LogP contribution in [-0.2, 0) is 9.53 Å². The van der Waals surface area contributed by atoms with E-state index in [1.807, 2.05) is 13.8 Å². The standard InChI is InChI=1S/C15H21N3O5/c1-4-10(5-2)23-15(21)9-6-11(22-3)13(17-8-9)14(20)18-12(19)7-16/h6,8,10H,4-5,7,16H2,1-3H3,(H,18,19,20). The van der Waals surface area contributed by atoms with Crippen molar-refractivity contribution in [2.24, 2.45) is 5.73 Å². The third-order valence-electron chi connectivity index (χ3n) is 3.15. The van der Waals surface area contributed by atoms with Crippen LogP contribution in [0.15, 0.2) is 12.3 Å². The van der Waals surface area contributed by atoms with Gasteiger partial charge in [0.05, 0.1) is 19.2 Å². The van der Waals surface area contributed by atoms with Crippen LogP contribution in [0, 0.1) is 0 Å². The van der Waals surface area contributed by atoms with Crippen LogP contribution in [0.25, 0.3) is 0 Å². The van der Waals surface area contributed by atoms with E-state index in [0.29, 0.717) is 12.8 Å². The molecule has 8 heteroatoms. The van der Waals surface area contributed by atoms with Crippen molar-refractivity contribution in [2.45, 2.75) is 32.8 Å². The summed E-state index contributed by atoms with van der Waals surface area (Å²) in [6.45, 7) is 3.51. The molecule has 0 atom stereocenters. The van der Waals surface area contributed by atoms with E-state index in [0.717, 1.165) is 0 Å². The Labute approximate surface area is 134 Å². The van der Waals surface area contributed by atoms with Gasteiger partial charge in [-0.1, -0.05) is 13.8 Å². The zero-order chi connectivity index (χ0) is 17.4. The highest BCUT2D eigenvalue weighted by Crippen LogP contribution is 2.19. The fraction of sp³-hybridized carbons (Fsp3) is 0.467. The molecule has 126 valence electrons. The Kier molecular flexibility index (Phi) is 7.14. The van der Waals surface area contributed by atoms with Gasteiger partial charge in [-0.15, -0.1) is 0 Å². The maximum atomic E-state index is 12.1. The Balaban J connectivity index is 2.97. The van der Waals surface area contributed by atoms with Gasteiger partial charge in [0.15, 0.2) is 11.4 Å². The summed E-state index contributed by atoms with van der Waals surface area (Å²) in [5.41, 5.74) is 5.17. The van der Waals surface area contributed by atoms with Gasteiger partial charge < -0.3 is 15.2 Å². The first-order valence-electron chi connectivity index (χ1n) is 7.25. The molecule has 2 amide bonds. The van der Waals surface area contributed by atoms with Crippen molar-refractivity contribution < 1.29 is 23.9 Å². The summed E-state index contributed by atoms with van der Waals surface area (Å²) in [5.74, 6) is -1.88. The molecule has 0 aliphatic carbocycles. The van der Waals surface area contributed by atoms with Crippen molar-refractivity contribution in [3.8, 4) is 5.75 Å². The fourth-order valence-corrected chi connectivity index (χ4v) is 1.79. The Morgan fingerprint density at radius 1 is 1.30 bits per heavy atom. The van der Waals surface area contributed by atoms with Gasteiger partial charge in [0.1, 0.15) is 6.10 Å². The highest BCUT2D eigenvalue weighted by Gasteiger charge is 2.20. The van der Waals surface area contributed by atoms with E-state index >= 15 is 0 Å². The van der Waals surface area contributed by atoms with Crippen molar-refractivity contribution in [1.82, 2.24) is 10.3 Å². The molecule has 0 unspecified atom stereocenters. The number of carbonyl (C=O) groups is 3. The van der Waals surface area contributed by atoms with E-state index in [9.17, 15) is 14.4 Å². The van der Waals surface area contributed by atoms with Gasteiger partial charge in [-0.05, 0) is 18.9 Å². The number of aromatic nitrogens is 1. The highest BCUT2D eigenvalue weighted by atomic mass is 16.5. The molecule has 1 rings (SSSR count). The first-order chi connectivity index (χ1) is 11.0. The number of imide groups is 1. The van der Waals surface area contributed by atoms with Gasteiger partial charge in [0.2, 0.25) is 5.91 Å². The van der Waals surface area contributed by atoms with Crippen LogP contribution in [0.5, 0.6) is 5.75 Å². The smallest absolute Gasteiger partial charge is 0.340 e. The number of methoxy groups -OCH3 is 1. The van der Waals surface area contributed by atoms with E-state index in [1.54, 1.807) is 0 Å². The molecule has 0 fully saturated rings. The van der Waals surface area contributed by atoms with Crippen LogP contribution in [-0.4, -0.2) is 42.5 Å². The predicted octanol–water partition coefficient (Wildman–Crippen LogP) is 0.651. The quantitative estimate of drug-likeness (QED) is 0.707. The second-order valence-corrected chi connectivity index (χ2v) is 4.70. The molecule has 0 radical (unpaired) electrons. The van der Waals surface area contributed by atoms with Gasteiger partial charge in [0.25, 0.3) is 5.91 Å². The number of pyridine rings is 1. The summed E-state index contributed by atoms with van der Waals surface area (Å²) in [7, 11) is 1.33. The second-order valence-electron chi connectivity index (χ2n) is 4.70. The van der Waals surface area contributed by atoms with Crippen molar-refractivity contribution >= 4 is 17.8 Å². The minimum absolute atomic E-state index is 0.0614. The zero-order valence-corrected chi connectivity index (χ0v) is 13.4. The molecule has 3 N–H and O–H groups in total. The number of nitrogens with two attached hydrogens (primary N) is 1. The van der Waals surface area contributed by atoms with Gasteiger partial charge in [-0.3, -0.25) is 14.9 Å². The third kappa shape index (κ3) is 5.03. The average Bonchev–Trinajstić information content (AvgIpc) is 2.58. The van der Waals surface area contributed by atoms with Crippen LogP contribution >= 0.6 is 0 Å². The molecule has 0 bridgehead atoms. The lowest BCUT2D eigenvalue weighted by Crippen LogP contribution is -2.36. The zero-order valence-electron chi connectivity index (χ0n) is 13.4. The Bertz CT molecular complexity index is 584. The van der Waals surface area contributed by atoms with Crippen LogP contribution < -0.4 is 15.8 Å². The fourth-order valence-electron chi connectivity index (χ4n) is 1.79. The monoisotopic (exact) mass is 323 g/mol. The number of carbonyl (C=O) groups excluding carboxylic acids is 3. The number of hydrogen-bond donors (Lipinski definition) is 2. The lowest BCUT2D eigenvalue weighted by Gasteiger charge is -2.14. The number of nitrogens with zero attached hydrogens (tertiary/aromatic N) is 1. The van der Waals surface area contributed by atoms with Gasteiger partial charge in [0, 0.05) is 6.20 Å². The first-order valence-corrected chi connectivity index (χ1v) is 7.25. The van der Waals surface area contributed by atoms with Crippen LogP contribution in [0.1, 0.15) is 47.5 Å².